The van der Waals surface area contributed by atoms with E-state index >= 15 is 0 Å². The van der Waals surface area contributed by atoms with Gasteiger partial charge in [-0.2, -0.15) is 0 Å². The standard InChI is InChI=1S/C17H18BrClO/c18-16(9-7-12-4-3-11-20-12)14-8-10-17(19)15-6-2-1-5-13(14)15/h1-2,5-6,8,10,12,16H,3-4,7,9,11H2. The van der Waals surface area contributed by atoms with Crippen LogP contribution in [0.25, 0.3) is 10.8 Å². The maximum Gasteiger partial charge on any atom is 0.0576 e. The van der Waals surface area contributed by atoms with Gasteiger partial charge in [0.05, 0.1) is 6.10 Å². The summed E-state index contributed by atoms with van der Waals surface area (Å²) in [6.07, 6.45) is 5.08. The number of alkyl halides is 1. The fourth-order valence-corrected chi connectivity index (χ4v) is 3.81. The van der Waals surface area contributed by atoms with E-state index in [1.165, 1.54) is 23.8 Å². The summed E-state index contributed by atoms with van der Waals surface area (Å²) in [6.45, 7) is 0.932. The van der Waals surface area contributed by atoms with E-state index in [1.807, 2.05) is 12.1 Å². The second kappa shape index (κ2) is 6.46. The second-order valence-electron chi connectivity index (χ2n) is 5.36. The van der Waals surface area contributed by atoms with Crippen molar-refractivity contribution in [2.45, 2.75) is 36.6 Å². The molecule has 1 fully saturated rings. The van der Waals surface area contributed by atoms with E-state index in [1.54, 1.807) is 0 Å². The number of hydrogen-bond donors (Lipinski definition) is 0. The van der Waals surface area contributed by atoms with Gasteiger partial charge in [0, 0.05) is 21.8 Å². The van der Waals surface area contributed by atoms with Crippen LogP contribution >= 0.6 is 27.5 Å². The molecule has 1 saturated heterocycles. The summed E-state index contributed by atoms with van der Waals surface area (Å²) in [4.78, 5) is 0.355. The van der Waals surface area contributed by atoms with Crippen molar-refractivity contribution in [2.24, 2.45) is 0 Å². The molecule has 0 spiro atoms. The molecular weight excluding hydrogens is 336 g/mol. The Kier molecular flexibility index (Phi) is 4.65. The summed E-state index contributed by atoms with van der Waals surface area (Å²) in [6, 6.07) is 12.5. The molecule has 0 amide bonds. The molecule has 0 radical (unpaired) electrons. The number of fused-ring (bicyclic) bond motifs is 1. The average molecular weight is 354 g/mol. The molecule has 20 heavy (non-hydrogen) atoms. The van der Waals surface area contributed by atoms with Crippen molar-refractivity contribution in [3.05, 3.63) is 47.0 Å². The highest BCUT2D eigenvalue weighted by atomic mass is 79.9. The average Bonchev–Trinajstić information content (AvgIpc) is 2.99. The first-order valence-corrected chi connectivity index (χ1v) is 8.48. The van der Waals surface area contributed by atoms with Crippen molar-refractivity contribution in [1.29, 1.82) is 0 Å². The molecule has 3 rings (SSSR count). The number of halogens is 2. The molecule has 1 nitrogen and oxygen atoms in total. The topological polar surface area (TPSA) is 9.23 Å². The molecule has 1 aliphatic heterocycles. The lowest BCUT2D eigenvalue weighted by molar-refractivity contribution is 0.102. The van der Waals surface area contributed by atoms with Gasteiger partial charge in [-0.25, -0.2) is 0 Å². The van der Waals surface area contributed by atoms with E-state index < -0.39 is 0 Å². The van der Waals surface area contributed by atoms with E-state index in [0.29, 0.717) is 10.9 Å². The number of benzene rings is 2. The lowest BCUT2D eigenvalue weighted by Gasteiger charge is -2.16. The SMILES string of the molecule is Clc1ccc(C(Br)CCC2CCCO2)c2ccccc12. The third kappa shape index (κ3) is 3.03. The van der Waals surface area contributed by atoms with Crippen molar-refractivity contribution in [3.63, 3.8) is 0 Å². The molecule has 2 aromatic carbocycles. The molecule has 1 aliphatic rings. The first-order chi connectivity index (χ1) is 9.75. The van der Waals surface area contributed by atoms with Gasteiger partial charge < -0.3 is 4.74 Å². The predicted molar refractivity (Wildman–Crippen MR) is 88.8 cm³/mol. The Bertz CT molecular complexity index is 593. The Hall–Kier alpha value is -0.570. The van der Waals surface area contributed by atoms with E-state index in [0.717, 1.165) is 29.9 Å². The van der Waals surface area contributed by atoms with Gasteiger partial charge in [-0.05, 0) is 42.7 Å². The Balaban J connectivity index is 1.80. The molecule has 0 bridgehead atoms. The van der Waals surface area contributed by atoms with Crippen LogP contribution in [0.2, 0.25) is 5.02 Å². The number of rotatable bonds is 4. The maximum absolute atomic E-state index is 6.28. The van der Waals surface area contributed by atoms with Crippen LogP contribution < -0.4 is 0 Å². The number of ether oxygens (including phenoxy) is 1. The van der Waals surface area contributed by atoms with Crippen LogP contribution in [0.15, 0.2) is 36.4 Å². The maximum atomic E-state index is 6.28. The zero-order valence-corrected chi connectivity index (χ0v) is 13.7. The van der Waals surface area contributed by atoms with Gasteiger partial charge in [-0.3, -0.25) is 0 Å². The molecule has 2 unspecified atom stereocenters. The van der Waals surface area contributed by atoms with Crippen molar-refractivity contribution < 1.29 is 4.74 Å². The molecule has 2 aromatic rings. The third-order valence-electron chi connectivity index (χ3n) is 4.01. The Morgan fingerprint density at radius 1 is 1.20 bits per heavy atom. The normalized spacial score (nSPS) is 20.4. The van der Waals surface area contributed by atoms with Crippen molar-refractivity contribution in [1.82, 2.24) is 0 Å². The van der Waals surface area contributed by atoms with Crippen LogP contribution in [-0.4, -0.2) is 12.7 Å². The van der Waals surface area contributed by atoms with Gasteiger partial charge in [-0.1, -0.05) is 57.9 Å². The molecule has 0 N–H and O–H groups in total. The van der Waals surface area contributed by atoms with Crippen LogP contribution in [0.5, 0.6) is 0 Å². The summed E-state index contributed by atoms with van der Waals surface area (Å²) < 4.78 is 5.70. The zero-order valence-electron chi connectivity index (χ0n) is 11.3. The van der Waals surface area contributed by atoms with Crippen LogP contribution in [0.4, 0.5) is 0 Å². The number of hydrogen-bond acceptors (Lipinski definition) is 1. The summed E-state index contributed by atoms with van der Waals surface area (Å²) in [5.41, 5.74) is 1.32. The van der Waals surface area contributed by atoms with Crippen LogP contribution in [0.3, 0.4) is 0 Å². The molecular formula is C17H18BrClO. The molecule has 0 aliphatic carbocycles. The lowest BCUT2D eigenvalue weighted by Crippen LogP contribution is -2.06. The fourth-order valence-electron chi connectivity index (χ4n) is 2.92. The largest absolute Gasteiger partial charge is 0.378 e. The van der Waals surface area contributed by atoms with Crippen LogP contribution in [0.1, 0.15) is 36.1 Å². The van der Waals surface area contributed by atoms with Gasteiger partial charge in [-0.15, -0.1) is 0 Å². The third-order valence-corrected chi connectivity index (χ3v) is 5.29. The highest BCUT2D eigenvalue weighted by Gasteiger charge is 2.18. The van der Waals surface area contributed by atoms with E-state index in [9.17, 15) is 0 Å². The van der Waals surface area contributed by atoms with Crippen molar-refractivity contribution in [3.8, 4) is 0 Å². The minimum absolute atomic E-state index is 0.355. The van der Waals surface area contributed by atoms with Gasteiger partial charge >= 0.3 is 0 Å². The van der Waals surface area contributed by atoms with Gasteiger partial charge in [0.2, 0.25) is 0 Å². The Morgan fingerprint density at radius 2 is 2.00 bits per heavy atom. The van der Waals surface area contributed by atoms with Gasteiger partial charge in [0.25, 0.3) is 0 Å². The summed E-state index contributed by atoms with van der Waals surface area (Å²) in [5, 5.41) is 3.20. The predicted octanol–water partition coefficient (Wildman–Crippen LogP) is 5.89. The van der Waals surface area contributed by atoms with Gasteiger partial charge in [0.1, 0.15) is 0 Å². The first-order valence-electron chi connectivity index (χ1n) is 7.18. The minimum Gasteiger partial charge on any atom is -0.378 e. The summed E-state index contributed by atoms with van der Waals surface area (Å²) in [7, 11) is 0. The molecule has 106 valence electrons. The first kappa shape index (κ1) is 14.4. The Morgan fingerprint density at radius 3 is 2.75 bits per heavy atom. The monoisotopic (exact) mass is 352 g/mol. The molecule has 0 aromatic heterocycles. The fraction of sp³-hybridized carbons (Fsp3) is 0.412. The smallest absolute Gasteiger partial charge is 0.0576 e. The zero-order chi connectivity index (χ0) is 13.9. The van der Waals surface area contributed by atoms with Crippen molar-refractivity contribution in [2.75, 3.05) is 6.61 Å². The second-order valence-corrected chi connectivity index (χ2v) is 6.87. The lowest BCUT2D eigenvalue weighted by atomic mass is 9.98. The highest BCUT2D eigenvalue weighted by Crippen LogP contribution is 2.37. The van der Waals surface area contributed by atoms with Crippen molar-refractivity contribution >= 4 is 38.3 Å². The highest BCUT2D eigenvalue weighted by molar-refractivity contribution is 9.09. The molecule has 0 saturated carbocycles. The molecule has 1 heterocycles. The molecule has 2 atom stereocenters. The van der Waals surface area contributed by atoms with E-state index in [2.05, 4.69) is 40.2 Å². The summed E-state index contributed by atoms with van der Waals surface area (Å²) >= 11 is 10.1. The van der Waals surface area contributed by atoms with E-state index in [-0.39, 0.29) is 0 Å². The van der Waals surface area contributed by atoms with Crippen LogP contribution in [-0.2, 0) is 4.74 Å². The van der Waals surface area contributed by atoms with Crippen LogP contribution in [0, 0.1) is 0 Å². The van der Waals surface area contributed by atoms with E-state index in [4.69, 9.17) is 16.3 Å². The Labute approximate surface area is 133 Å². The minimum atomic E-state index is 0.355. The van der Waals surface area contributed by atoms with Gasteiger partial charge in [0.15, 0.2) is 0 Å². The summed E-state index contributed by atoms with van der Waals surface area (Å²) in [5.74, 6) is 0. The quantitative estimate of drug-likeness (QED) is 0.623. The molecule has 3 heteroatoms.